The van der Waals surface area contributed by atoms with Crippen LogP contribution >= 0.6 is 0 Å². The van der Waals surface area contributed by atoms with Gasteiger partial charge >= 0.3 is 0 Å². The highest BCUT2D eigenvalue weighted by atomic mass is 16.3. The normalized spacial score (nSPS) is 19.4. The topological polar surface area (TPSA) is 49.3 Å². The third-order valence-corrected chi connectivity index (χ3v) is 5.08. The Balaban J connectivity index is 1.55. The van der Waals surface area contributed by atoms with Gasteiger partial charge in [0, 0.05) is 11.9 Å². The van der Waals surface area contributed by atoms with Crippen LogP contribution in [0.4, 0.5) is 0 Å². The van der Waals surface area contributed by atoms with Crippen LogP contribution in [0.2, 0.25) is 0 Å². The van der Waals surface area contributed by atoms with Crippen LogP contribution in [-0.2, 0) is 0 Å². The van der Waals surface area contributed by atoms with Gasteiger partial charge in [-0.05, 0) is 48.5 Å². The summed E-state index contributed by atoms with van der Waals surface area (Å²) in [5.41, 5.74) is 0.752. The number of rotatable bonds is 4. The van der Waals surface area contributed by atoms with E-state index in [0.717, 1.165) is 23.2 Å². The van der Waals surface area contributed by atoms with Crippen LogP contribution in [-0.4, -0.2) is 17.6 Å². The standard InChI is InChI=1S/C18H19NO2/c20-16-14-4-2-1-3-12(14)5-8-15(16)17(21)19-11-18(9-10-18)13-6-7-13/h1-5,8,13,20H,6-7,9-11H2,(H,19,21). The van der Waals surface area contributed by atoms with Crippen LogP contribution in [0.15, 0.2) is 36.4 Å². The fourth-order valence-corrected chi connectivity index (χ4v) is 3.38. The Bertz CT molecular complexity index is 714. The summed E-state index contributed by atoms with van der Waals surface area (Å²) in [6, 6.07) is 11.2. The SMILES string of the molecule is O=C(NCC1(C2CC2)CC1)c1ccc2ccccc2c1O. The van der Waals surface area contributed by atoms with Gasteiger partial charge in [0.2, 0.25) is 0 Å². The van der Waals surface area contributed by atoms with E-state index in [2.05, 4.69) is 5.32 Å². The molecule has 0 aliphatic heterocycles. The number of aromatic hydroxyl groups is 1. The largest absolute Gasteiger partial charge is 0.506 e. The molecule has 0 saturated heterocycles. The molecule has 2 saturated carbocycles. The molecule has 0 bridgehead atoms. The molecule has 2 aromatic carbocycles. The Morgan fingerprint density at radius 1 is 1.19 bits per heavy atom. The number of phenols is 1. The molecule has 2 fully saturated rings. The molecule has 2 aliphatic rings. The molecule has 2 aromatic rings. The molecule has 0 radical (unpaired) electrons. The van der Waals surface area contributed by atoms with Gasteiger partial charge in [0.15, 0.2) is 0 Å². The first-order chi connectivity index (χ1) is 10.2. The van der Waals surface area contributed by atoms with Gasteiger partial charge in [0.1, 0.15) is 5.75 Å². The van der Waals surface area contributed by atoms with Crippen molar-refractivity contribution in [2.24, 2.45) is 11.3 Å². The molecular weight excluding hydrogens is 262 g/mol. The fourth-order valence-electron chi connectivity index (χ4n) is 3.38. The average Bonchev–Trinajstić information content (AvgIpc) is 3.38. The van der Waals surface area contributed by atoms with Crippen LogP contribution in [0.25, 0.3) is 10.8 Å². The minimum atomic E-state index is -0.162. The lowest BCUT2D eigenvalue weighted by atomic mass is 10.00. The monoisotopic (exact) mass is 281 g/mol. The molecule has 3 nitrogen and oxygen atoms in total. The second kappa shape index (κ2) is 4.48. The van der Waals surface area contributed by atoms with Gasteiger partial charge in [-0.2, -0.15) is 0 Å². The van der Waals surface area contributed by atoms with Gasteiger partial charge in [-0.25, -0.2) is 0 Å². The van der Waals surface area contributed by atoms with Crippen molar-refractivity contribution in [3.63, 3.8) is 0 Å². The van der Waals surface area contributed by atoms with Crippen molar-refractivity contribution in [2.45, 2.75) is 25.7 Å². The molecule has 0 unspecified atom stereocenters. The van der Waals surface area contributed by atoms with E-state index in [-0.39, 0.29) is 11.7 Å². The summed E-state index contributed by atoms with van der Waals surface area (Å²) in [6.07, 6.45) is 5.11. The predicted octanol–water partition coefficient (Wildman–Crippen LogP) is 3.47. The maximum Gasteiger partial charge on any atom is 0.255 e. The lowest BCUT2D eigenvalue weighted by Gasteiger charge is -2.15. The summed E-state index contributed by atoms with van der Waals surface area (Å²) in [7, 11) is 0. The zero-order valence-electron chi connectivity index (χ0n) is 11.9. The summed E-state index contributed by atoms with van der Waals surface area (Å²) < 4.78 is 0. The second-order valence-electron chi connectivity index (χ2n) is 6.50. The van der Waals surface area contributed by atoms with Crippen LogP contribution in [0.5, 0.6) is 5.75 Å². The van der Waals surface area contributed by atoms with Gasteiger partial charge in [0.25, 0.3) is 5.91 Å². The van der Waals surface area contributed by atoms with E-state index < -0.39 is 0 Å². The highest BCUT2D eigenvalue weighted by Gasteiger charge is 2.53. The maximum absolute atomic E-state index is 12.4. The quantitative estimate of drug-likeness (QED) is 0.901. The van der Waals surface area contributed by atoms with Crippen LogP contribution in [0.1, 0.15) is 36.0 Å². The molecule has 2 N–H and O–H groups in total. The molecule has 1 amide bonds. The van der Waals surface area contributed by atoms with Crippen molar-refractivity contribution in [1.82, 2.24) is 5.32 Å². The molecule has 0 aromatic heterocycles. The van der Waals surface area contributed by atoms with E-state index >= 15 is 0 Å². The van der Waals surface area contributed by atoms with Crippen molar-refractivity contribution in [1.29, 1.82) is 0 Å². The number of carbonyl (C=O) groups is 1. The summed E-state index contributed by atoms with van der Waals surface area (Å²) >= 11 is 0. The number of hydrogen-bond donors (Lipinski definition) is 2. The average molecular weight is 281 g/mol. The number of hydrogen-bond acceptors (Lipinski definition) is 2. The minimum Gasteiger partial charge on any atom is -0.506 e. The Kier molecular flexibility index (Phi) is 2.71. The lowest BCUT2D eigenvalue weighted by molar-refractivity contribution is 0.0940. The van der Waals surface area contributed by atoms with Gasteiger partial charge in [0.05, 0.1) is 5.56 Å². The first kappa shape index (κ1) is 12.7. The number of nitrogens with one attached hydrogen (secondary N) is 1. The number of carbonyl (C=O) groups excluding carboxylic acids is 1. The molecular formula is C18H19NO2. The number of fused-ring (bicyclic) bond motifs is 1. The highest BCUT2D eigenvalue weighted by molar-refractivity contribution is 6.03. The van der Waals surface area contributed by atoms with Crippen molar-refractivity contribution < 1.29 is 9.90 Å². The molecule has 0 atom stereocenters. The zero-order chi connectivity index (χ0) is 14.4. The van der Waals surface area contributed by atoms with E-state index in [1.165, 1.54) is 25.7 Å². The molecule has 0 spiro atoms. The first-order valence-corrected chi connectivity index (χ1v) is 7.69. The Hall–Kier alpha value is -2.03. The number of amides is 1. The molecule has 2 aliphatic carbocycles. The third-order valence-electron chi connectivity index (χ3n) is 5.08. The summed E-state index contributed by atoms with van der Waals surface area (Å²) in [6.45, 7) is 0.753. The predicted molar refractivity (Wildman–Crippen MR) is 82.3 cm³/mol. The molecule has 0 heterocycles. The van der Waals surface area contributed by atoms with Crippen molar-refractivity contribution in [2.75, 3.05) is 6.54 Å². The summed E-state index contributed by atoms with van der Waals surface area (Å²) in [5.74, 6) is 0.745. The van der Waals surface area contributed by atoms with E-state index in [4.69, 9.17) is 0 Å². The van der Waals surface area contributed by atoms with E-state index in [1.54, 1.807) is 6.07 Å². The molecule has 108 valence electrons. The summed E-state index contributed by atoms with van der Waals surface area (Å²) in [5, 5.41) is 15.0. The first-order valence-electron chi connectivity index (χ1n) is 7.69. The van der Waals surface area contributed by atoms with E-state index in [9.17, 15) is 9.90 Å². The van der Waals surface area contributed by atoms with Gasteiger partial charge in [-0.1, -0.05) is 30.3 Å². The molecule has 21 heavy (non-hydrogen) atoms. The van der Waals surface area contributed by atoms with E-state index in [0.29, 0.717) is 11.0 Å². The molecule has 4 rings (SSSR count). The zero-order valence-corrected chi connectivity index (χ0v) is 11.9. The van der Waals surface area contributed by atoms with Crippen molar-refractivity contribution in [3.05, 3.63) is 42.0 Å². The van der Waals surface area contributed by atoms with E-state index in [1.807, 2.05) is 30.3 Å². The smallest absolute Gasteiger partial charge is 0.255 e. The van der Waals surface area contributed by atoms with Crippen LogP contribution in [0.3, 0.4) is 0 Å². The number of benzene rings is 2. The van der Waals surface area contributed by atoms with Crippen LogP contribution in [0, 0.1) is 11.3 Å². The van der Waals surface area contributed by atoms with Crippen molar-refractivity contribution in [3.8, 4) is 5.75 Å². The van der Waals surface area contributed by atoms with Gasteiger partial charge in [-0.15, -0.1) is 0 Å². The second-order valence-corrected chi connectivity index (χ2v) is 6.50. The van der Waals surface area contributed by atoms with Gasteiger partial charge in [-0.3, -0.25) is 4.79 Å². The third kappa shape index (κ3) is 2.17. The van der Waals surface area contributed by atoms with Gasteiger partial charge < -0.3 is 10.4 Å². The Labute approximate surface area is 124 Å². The minimum absolute atomic E-state index is 0.0851. The van der Waals surface area contributed by atoms with Crippen LogP contribution < -0.4 is 5.32 Å². The molecule has 3 heteroatoms. The summed E-state index contributed by atoms with van der Waals surface area (Å²) in [4.78, 5) is 12.4. The highest BCUT2D eigenvalue weighted by Crippen LogP contribution is 2.60. The number of phenolic OH excluding ortho intramolecular Hbond substituents is 1. The lowest BCUT2D eigenvalue weighted by Crippen LogP contribution is -2.31. The Morgan fingerprint density at radius 2 is 1.95 bits per heavy atom. The Morgan fingerprint density at radius 3 is 2.67 bits per heavy atom. The van der Waals surface area contributed by atoms with Crippen molar-refractivity contribution >= 4 is 16.7 Å². The maximum atomic E-state index is 12.4. The fraction of sp³-hybridized carbons (Fsp3) is 0.389.